The van der Waals surface area contributed by atoms with E-state index in [0.29, 0.717) is 16.5 Å². The molecule has 0 aromatic carbocycles. The molecule has 0 saturated heterocycles. The molecule has 168 valence electrons. The van der Waals surface area contributed by atoms with Crippen LogP contribution in [0.15, 0.2) is 12.2 Å². The van der Waals surface area contributed by atoms with Crippen molar-refractivity contribution < 1.29 is 19.5 Å². The second-order valence-electron chi connectivity index (χ2n) is 10.0. The summed E-state index contributed by atoms with van der Waals surface area (Å²) in [6.45, 7) is 6.77. The minimum Gasteiger partial charge on any atom is -0.481 e. The standard InChI is InChI=1S/C24H32N2O4S/c1-4-24(2,3)14-9-10-15-16(11-14)31-22(19(15)20(25)27)26-21(28)17-12-5-7-13(8-6-12)18(17)23(29)30/h5,7,12-14,17-18H,4,6,8-11H2,1-3H3,(H2,25,27)(H,26,28)(H,29,30)/t12-,13-,14+,17+,18-/m0/s1. The Balaban J connectivity index is 1.62. The van der Waals surface area contributed by atoms with Gasteiger partial charge in [0.25, 0.3) is 5.91 Å². The van der Waals surface area contributed by atoms with Crippen LogP contribution < -0.4 is 11.1 Å². The molecule has 0 radical (unpaired) electrons. The lowest BCUT2D eigenvalue weighted by molar-refractivity contribution is -0.151. The fourth-order valence-corrected chi connectivity index (χ4v) is 7.11. The quantitative estimate of drug-likeness (QED) is 0.570. The third-order valence-corrected chi connectivity index (χ3v) is 9.27. The van der Waals surface area contributed by atoms with Gasteiger partial charge in [-0.2, -0.15) is 0 Å². The summed E-state index contributed by atoms with van der Waals surface area (Å²) in [5.74, 6) is -2.76. The lowest BCUT2D eigenvalue weighted by atomic mass is 9.62. The van der Waals surface area contributed by atoms with Crippen LogP contribution >= 0.6 is 11.3 Å². The third kappa shape index (κ3) is 3.81. The molecule has 5 atom stereocenters. The van der Waals surface area contributed by atoms with E-state index in [0.717, 1.165) is 49.0 Å². The molecule has 4 aliphatic carbocycles. The first-order valence-corrected chi connectivity index (χ1v) is 12.1. The van der Waals surface area contributed by atoms with Crippen molar-refractivity contribution in [2.24, 2.45) is 40.7 Å². The minimum atomic E-state index is -0.926. The number of nitrogens with one attached hydrogen (secondary N) is 1. The highest BCUT2D eigenvalue weighted by Crippen LogP contribution is 2.48. The number of fused-ring (bicyclic) bond motifs is 3. The van der Waals surface area contributed by atoms with Gasteiger partial charge >= 0.3 is 5.97 Å². The maximum atomic E-state index is 13.3. The molecule has 7 heteroatoms. The molecule has 6 nitrogen and oxygen atoms in total. The lowest BCUT2D eigenvalue weighted by Gasteiger charge is -2.41. The zero-order chi connectivity index (χ0) is 22.5. The Hall–Kier alpha value is -2.15. The van der Waals surface area contributed by atoms with Crippen LogP contribution in [0.2, 0.25) is 0 Å². The normalized spacial score (nSPS) is 29.5. The van der Waals surface area contributed by atoms with Gasteiger partial charge in [-0.05, 0) is 60.8 Å². The number of carbonyl (C=O) groups is 3. The summed E-state index contributed by atoms with van der Waals surface area (Å²) in [6, 6.07) is 0. The summed E-state index contributed by atoms with van der Waals surface area (Å²) in [5, 5.41) is 13.2. The van der Waals surface area contributed by atoms with Gasteiger partial charge in [0.05, 0.1) is 17.4 Å². The fourth-order valence-electron chi connectivity index (χ4n) is 5.77. The zero-order valence-corrected chi connectivity index (χ0v) is 19.3. The fraction of sp³-hybridized carbons (Fsp3) is 0.625. The predicted molar refractivity (Wildman–Crippen MR) is 121 cm³/mol. The highest BCUT2D eigenvalue weighted by molar-refractivity contribution is 7.17. The average Bonchev–Trinajstić information content (AvgIpc) is 3.10. The van der Waals surface area contributed by atoms with Gasteiger partial charge in [0, 0.05) is 4.88 Å². The van der Waals surface area contributed by atoms with Crippen molar-refractivity contribution >= 4 is 34.1 Å². The molecule has 0 unspecified atom stereocenters. The van der Waals surface area contributed by atoms with Gasteiger partial charge in [-0.3, -0.25) is 14.4 Å². The monoisotopic (exact) mass is 444 g/mol. The molecule has 0 aliphatic heterocycles. The zero-order valence-electron chi connectivity index (χ0n) is 18.4. The van der Waals surface area contributed by atoms with Crippen LogP contribution in [0.4, 0.5) is 5.00 Å². The first-order chi connectivity index (χ1) is 14.6. The largest absolute Gasteiger partial charge is 0.481 e. The number of carboxylic acid groups (broad SMARTS) is 1. The summed E-state index contributed by atoms with van der Waals surface area (Å²) in [5.41, 5.74) is 7.33. The highest BCUT2D eigenvalue weighted by atomic mass is 32.1. The molecule has 4 aliphatic rings. The van der Waals surface area contributed by atoms with Crippen LogP contribution in [0.25, 0.3) is 0 Å². The Morgan fingerprint density at radius 3 is 2.35 bits per heavy atom. The Morgan fingerprint density at radius 2 is 1.81 bits per heavy atom. The van der Waals surface area contributed by atoms with Gasteiger partial charge in [0.15, 0.2) is 0 Å². The van der Waals surface area contributed by atoms with Crippen LogP contribution in [0.5, 0.6) is 0 Å². The van der Waals surface area contributed by atoms with Gasteiger partial charge in [0.2, 0.25) is 5.91 Å². The van der Waals surface area contributed by atoms with Crippen LogP contribution in [0, 0.1) is 35.0 Å². The van der Waals surface area contributed by atoms with Gasteiger partial charge in [-0.25, -0.2) is 0 Å². The first kappa shape index (κ1) is 22.1. The number of primary amides is 1. The molecule has 4 N–H and O–H groups in total. The van der Waals surface area contributed by atoms with E-state index in [9.17, 15) is 19.5 Å². The number of hydrogen-bond acceptors (Lipinski definition) is 4. The number of anilines is 1. The Morgan fingerprint density at radius 1 is 1.16 bits per heavy atom. The molecular weight excluding hydrogens is 412 g/mol. The molecule has 0 spiro atoms. The van der Waals surface area contributed by atoms with Crippen molar-refractivity contribution in [1.82, 2.24) is 0 Å². The molecule has 1 saturated carbocycles. The van der Waals surface area contributed by atoms with E-state index in [-0.39, 0.29) is 23.2 Å². The number of nitrogens with two attached hydrogens (primary N) is 1. The van der Waals surface area contributed by atoms with Crippen molar-refractivity contribution in [3.63, 3.8) is 0 Å². The van der Waals surface area contributed by atoms with E-state index in [2.05, 4.69) is 26.1 Å². The summed E-state index contributed by atoms with van der Waals surface area (Å²) >= 11 is 1.44. The number of allylic oxidation sites excluding steroid dienone is 2. The third-order valence-electron chi connectivity index (χ3n) is 8.10. The van der Waals surface area contributed by atoms with Crippen LogP contribution in [0.1, 0.15) is 67.3 Å². The van der Waals surface area contributed by atoms with Gasteiger partial charge in [-0.15, -0.1) is 11.3 Å². The second-order valence-corrected chi connectivity index (χ2v) is 11.1. The van der Waals surface area contributed by atoms with Crippen molar-refractivity contribution in [2.75, 3.05) is 5.32 Å². The number of aliphatic carboxylic acids is 1. The minimum absolute atomic E-state index is 0.0764. The van der Waals surface area contributed by atoms with Crippen LogP contribution in [-0.2, 0) is 22.4 Å². The molecule has 1 aromatic heterocycles. The van der Waals surface area contributed by atoms with Crippen LogP contribution in [0.3, 0.4) is 0 Å². The number of carboxylic acids is 1. The summed E-state index contributed by atoms with van der Waals surface area (Å²) in [6.07, 6.45) is 9.30. The topological polar surface area (TPSA) is 109 Å². The van der Waals surface area contributed by atoms with Crippen molar-refractivity contribution in [1.29, 1.82) is 0 Å². The molecule has 2 bridgehead atoms. The predicted octanol–water partition coefficient (Wildman–Crippen LogP) is 4.24. The van der Waals surface area contributed by atoms with E-state index in [1.807, 2.05) is 12.2 Å². The maximum absolute atomic E-state index is 13.3. The molecule has 31 heavy (non-hydrogen) atoms. The van der Waals surface area contributed by atoms with Gasteiger partial charge < -0.3 is 16.2 Å². The van der Waals surface area contributed by atoms with E-state index >= 15 is 0 Å². The van der Waals surface area contributed by atoms with E-state index in [4.69, 9.17) is 5.73 Å². The number of amides is 2. The Labute approximate surface area is 187 Å². The molecule has 1 heterocycles. The SMILES string of the molecule is CCC(C)(C)[C@@H]1CCc2c(sc(NC(=O)[C@H]3[C@@H](C(=O)O)[C@H]4C=C[C@H]3CC4)c2C(N)=O)C1. The smallest absolute Gasteiger partial charge is 0.307 e. The summed E-state index contributed by atoms with van der Waals surface area (Å²) in [7, 11) is 0. The van der Waals surface area contributed by atoms with Gasteiger partial charge in [0.1, 0.15) is 5.00 Å². The van der Waals surface area contributed by atoms with E-state index in [1.165, 1.54) is 11.3 Å². The Bertz CT molecular complexity index is 948. The number of rotatable bonds is 6. The Kier molecular flexibility index (Phi) is 5.75. The van der Waals surface area contributed by atoms with Crippen molar-refractivity contribution in [3.8, 4) is 0 Å². The number of thiophene rings is 1. The maximum Gasteiger partial charge on any atom is 0.307 e. The van der Waals surface area contributed by atoms with E-state index in [1.54, 1.807) is 0 Å². The molecule has 1 fully saturated rings. The van der Waals surface area contributed by atoms with Crippen LogP contribution in [-0.4, -0.2) is 22.9 Å². The molecular formula is C24H32N2O4S. The second kappa shape index (κ2) is 8.08. The lowest BCUT2D eigenvalue weighted by Crippen LogP contribution is -2.47. The molecule has 5 rings (SSSR count). The van der Waals surface area contributed by atoms with Crippen molar-refractivity contribution in [3.05, 3.63) is 28.2 Å². The van der Waals surface area contributed by atoms with E-state index < -0.39 is 23.7 Å². The highest BCUT2D eigenvalue weighted by Gasteiger charge is 2.48. The molecule has 1 aromatic rings. The first-order valence-electron chi connectivity index (χ1n) is 11.3. The average molecular weight is 445 g/mol. The summed E-state index contributed by atoms with van der Waals surface area (Å²) in [4.78, 5) is 38.6. The summed E-state index contributed by atoms with van der Waals surface area (Å²) < 4.78 is 0. The number of hydrogen-bond donors (Lipinski definition) is 3. The van der Waals surface area contributed by atoms with Crippen molar-refractivity contribution in [2.45, 2.75) is 59.3 Å². The molecule has 2 amide bonds. The van der Waals surface area contributed by atoms with Gasteiger partial charge in [-0.1, -0.05) is 39.3 Å². The number of carbonyl (C=O) groups excluding carboxylic acids is 2.